The van der Waals surface area contributed by atoms with Crippen LogP contribution in [0.15, 0.2) is 12.1 Å². The van der Waals surface area contributed by atoms with Gasteiger partial charge in [-0.25, -0.2) is 4.79 Å². The third-order valence-electron chi connectivity index (χ3n) is 6.02. The molecule has 0 spiro atoms. The van der Waals surface area contributed by atoms with Crippen molar-refractivity contribution in [2.75, 3.05) is 11.4 Å². The average molecular weight is 357 g/mol. The monoisotopic (exact) mass is 357 g/mol. The van der Waals surface area contributed by atoms with Crippen LogP contribution in [0.4, 0.5) is 10.5 Å². The summed E-state index contributed by atoms with van der Waals surface area (Å²) in [7, 11) is 0. The van der Waals surface area contributed by atoms with Gasteiger partial charge in [-0.3, -0.25) is 4.90 Å². The second-order valence-corrected chi connectivity index (χ2v) is 9.81. The molecule has 1 unspecified atom stereocenters. The highest BCUT2D eigenvalue weighted by Crippen LogP contribution is 2.55. The lowest BCUT2D eigenvalue weighted by atomic mass is 9.75. The van der Waals surface area contributed by atoms with E-state index < -0.39 is 5.60 Å². The van der Waals surface area contributed by atoms with E-state index in [2.05, 4.69) is 39.8 Å². The molecule has 0 N–H and O–H groups in total. The molecule has 1 fully saturated rings. The summed E-state index contributed by atoms with van der Waals surface area (Å²) in [4.78, 5) is 25.8. The maximum atomic E-state index is 12.7. The molecule has 4 nitrogen and oxygen atoms in total. The van der Waals surface area contributed by atoms with Crippen molar-refractivity contribution in [3.8, 4) is 0 Å². The van der Waals surface area contributed by atoms with Crippen LogP contribution in [0.1, 0.15) is 71.1 Å². The number of ether oxygens (including phenoxy) is 1. The van der Waals surface area contributed by atoms with Crippen LogP contribution < -0.4 is 4.90 Å². The Labute approximate surface area is 156 Å². The quantitative estimate of drug-likeness (QED) is 0.708. The van der Waals surface area contributed by atoms with Gasteiger partial charge in [-0.05, 0) is 68.7 Å². The number of hydrogen-bond acceptors (Lipinski definition) is 3. The van der Waals surface area contributed by atoms with Gasteiger partial charge in [-0.15, -0.1) is 0 Å². The fourth-order valence-electron chi connectivity index (χ4n) is 4.13. The Morgan fingerprint density at radius 2 is 1.88 bits per heavy atom. The van der Waals surface area contributed by atoms with Gasteiger partial charge in [0.25, 0.3) is 0 Å². The molecule has 3 rings (SSSR count). The van der Waals surface area contributed by atoms with Crippen LogP contribution in [0, 0.1) is 12.8 Å². The molecular formula is C22H31NO3. The predicted molar refractivity (Wildman–Crippen MR) is 104 cm³/mol. The normalized spacial score (nSPS) is 26.9. The summed E-state index contributed by atoms with van der Waals surface area (Å²) < 4.78 is 5.63. The van der Waals surface area contributed by atoms with E-state index in [0.717, 1.165) is 30.4 Å². The Morgan fingerprint density at radius 1 is 1.23 bits per heavy atom. The molecule has 2 aliphatic rings. The zero-order valence-electron chi connectivity index (χ0n) is 17.1. The number of amides is 1. The van der Waals surface area contributed by atoms with Gasteiger partial charge in [0.15, 0.2) is 0 Å². The van der Waals surface area contributed by atoms with Crippen LogP contribution in [-0.2, 0) is 20.4 Å². The van der Waals surface area contributed by atoms with Crippen LogP contribution in [0.3, 0.4) is 0 Å². The van der Waals surface area contributed by atoms with Crippen molar-refractivity contribution >= 4 is 18.1 Å². The summed E-state index contributed by atoms with van der Waals surface area (Å²) >= 11 is 0. The zero-order valence-corrected chi connectivity index (χ0v) is 17.1. The third-order valence-corrected chi connectivity index (χ3v) is 6.02. The number of hydrogen-bond donors (Lipinski definition) is 0. The highest BCUT2D eigenvalue weighted by Gasteiger charge is 2.52. The number of nitrogens with zero attached hydrogens (tertiary/aromatic N) is 1. The molecule has 0 aromatic heterocycles. The largest absolute Gasteiger partial charge is 0.443 e. The minimum atomic E-state index is -0.516. The van der Waals surface area contributed by atoms with Crippen molar-refractivity contribution in [1.82, 2.24) is 0 Å². The SMILES string of the molecule is Cc1cc2c(cc1[C@@]1(C)CC1C=O)C(C)(C)CCN2C(=O)OC(C)(C)C. The molecule has 142 valence electrons. The first-order valence-electron chi connectivity index (χ1n) is 9.50. The Bertz CT molecular complexity index is 759. The topological polar surface area (TPSA) is 46.6 Å². The Hall–Kier alpha value is -1.84. The zero-order chi connectivity index (χ0) is 19.5. The fraction of sp³-hybridized carbons (Fsp3) is 0.636. The van der Waals surface area contributed by atoms with E-state index >= 15 is 0 Å². The number of aldehydes is 1. The van der Waals surface area contributed by atoms with Crippen molar-refractivity contribution < 1.29 is 14.3 Å². The third kappa shape index (κ3) is 3.15. The molecule has 1 aromatic carbocycles. The van der Waals surface area contributed by atoms with Gasteiger partial charge in [-0.1, -0.05) is 26.8 Å². The number of benzene rings is 1. The smallest absolute Gasteiger partial charge is 0.414 e. The number of carbonyl (C=O) groups is 2. The van der Waals surface area contributed by atoms with Crippen LogP contribution in [0.5, 0.6) is 0 Å². The summed E-state index contributed by atoms with van der Waals surface area (Å²) in [6, 6.07) is 4.35. The molecule has 0 radical (unpaired) electrons. The summed E-state index contributed by atoms with van der Waals surface area (Å²) in [5.41, 5.74) is 3.91. The molecular weight excluding hydrogens is 326 g/mol. The molecule has 1 heterocycles. The van der Waals surface area contributed by atoms with Gasteiger partial charge in [0.05, 0.1) is 5.69 Å². The molecule has 1 aliphatic carbocycles. The van der Waals surface area contributed by atoms with Crippen molar-refractivity contribution in [3.05, 3.63) is 28.8 Å². The lowest BCUT2D eigenvalue weighted by Gasteiger charge is -2.40. The van der Waals surface area contributed by atoms with Gasteiger partial charge in [0.1, 0.15) is 11.9 Å². The summed E-state index contributed by atoms with van der Waals surface area (Å²) in [6.07, 6.45) is 2.59. The number of rotatable bonds is 2. The lowest BCUT2D eigenvalue weighted by Crippen LogP contribution is -2.43. The molecule has 1 aromatic rings. The second-order valence-electron chi connectivity index (χ2n) is 9.81. The van der Waals surface area contributed by atoms with E-state index in [-0.39, 0.29) is 22.8 Å². The van der Waals surface area contributed by atoms with Gasteiger partial charge in [-0.2, -0.15) is 0 Å². The maximum Gasteiger partial charge on any atom is 0.414 e. The second kappa shape index (κ2) is 5.83. The summed E-state index contributed by atoms with van der Waals surface area (Å²) in [5.74, 6) is 0.105. The van der Waals surface area contributed by atoms with E-state index in [1.165, 1.54) is 11.1 Å². The standard InChI is InChI=1S/C22H31NO3/c1-14-10-18-17(11-16(14)22(7)12-15(22)13-24)21(5,6)8-9-23(18)19(25)26-20(2,3)4/h10-11,13,15H,8-9,12H2,1-7H3/t15?,22-/m0/s1. The number of carbonyl (C=O) groups excluding carboxylic acids is 2. The molecule has 0 saturated heterocycles. The van der Waals surface area contributed by atoms with Crippen molar-refractivity contribution in [1.29, 1.82) is 0 Å². The molecule has 1 aliphatic heterocycles. The Balaban J connectivity index is 2.05. The molecule has 1 amide bonds. The highest BCUT2D eigenvalue weighted by molar-refractivity contribution is 5.90. The van der Waals surface area contributed by atoms with Gasteiger partial charge >= 0.3 is 6.09 Å². The van der Waals surface area contributed by atoms with Crippen molar-refractivity contribution in [3.63, 3.8) is 0 Å². The average Bonchev–Trinajstić information content (AvgIpc) is 3.16. The summed E-state index contributed by atoms with van der Waals surface area (Å²) in [6.45, 7) is 15.0. The van der Waals surface area contributed by atoms with E-state index in [0.29, 0.717) is 6.54 Å². The molecule has 4 heteroatoms. The molecule has 0 bridgehead atoms. The van der Waals surface area contributed by atoms with Crippen molar-refractivity contribution in [2.24, 2.45) is 5.92 Å². The van der Waals surface area contributed by atoms with Gasteiger partial charge < -0.3 is 9.53 Å². The number of anilines is 1. The first-order chi connectivity index (χ1) is 11.9. The molecule has 2 atom stereocenters. The van der Waals surface area contributed by atoms with Crippen LogP contribution >= 0.6 is 0 Å². The number of fused-ring (bicyclic) bond motifs is 1. The predicted octanol–water partition coefficient (Wildman–Crippen LogP) is 4.89. The molecule has 1 saturated carbocycles. The van der Waals surface area contributed by atoms with Crippen LogP contribution in [0.25, 0.3) is 0 Å². The van der Waals surface area contributed by atoms with E-state index in [4.69, 9.17) is 4.74 Å². The lowest BCUT2D eigenvalue weighted by molar-refractivity contribution is -0.109. The minimum absolute atomic E-state index is 0.0157. The first-order valence-corrected chi connectivity index (χ1v) is 9.50. The van der Waals surface area contributed by atoms with E-state index in [1.807, 2.05) is 20.8 Å². The van der Waals surface area contributed by atoms with Crippen LogP contribution in [-0.4, -0.2) is 24.5 Å². The minimum Gasteiger partial charge on any atom is -0.443 e. The van der Waals surface area contributed by atoms with Gasteiger partial charge in [0, 0.05) is 17.9 Å². The van der Waals surface area contributed by atoms with E-state index in [1.54, 1.807) is 4.90 Å². The van der Waals surface area contributed by atoms with Crippen molar-refractivity contribution in [2.45, 2.75) is 77.7 Å². The first kappa shape index (κ1) is 18.9. The van der Waals surface area contributed by atoms with Gasteiger partial charge in [0.2, 0.25) is 0 Å². The fourth-order valence-corrected chi connectivity index (χ4v) is 4.13. The number of aryl methyl sites for hydroxylation is 1. The maximum absolute atomic E-state index is 12.7. The Kier molecular flexibility index (Phi) is 4.25. The Morgan fingerprint density at radius 3 is 2.42 bits per heavy atom. The molecule has 26 heavy (non-hydrogen) atoms. The highest BCUT2D eigenvalue weighted by atomic mass is 16.6. The van der Waals surface area contributed by atoms with E-state index in [9.17, 15) is 9.59 Å². The van der Waals surface area contributed by atoms with Crippen LogP contribution in [0.2, 0.25) is 0 Å². The summed E-state index contributed by atoms with van der Waals surface area (Å²) in [5, 5.41) is 0.